The Morgan fingerprint density at radius 3 is 1.32 bits per heavy atom. The van der Waals surface area contributed by atoms with Gasteiger partial charge in [0.25, 0.3) is 0 Å². The number of hydrogen-bond acceptors (Lipinski definition) is 3. The molecule has 0 saturated heterocycles. The van der Waals surface area contributed by atoms with Gasteiger partial charge in [-0.3, -0.25) is 0 Å². The summed E-state index contributed by atoms with van der Waals surface area (Å²) in [4.78, 5) is 11.1. The maximum atomic E-state index is 11.1. The topological polar surface area (TPSA) is 38.7 Å². The van der Waals surface area contributed by atoms with E-state index in [0.717, 1.165) is 0 Å². The average molecular weight is 312 g/mol. The van der Waals surface area contributed by atoms with Crippen LogP contribution in [-0.2, 0) is 0 Å². The van der Waals surface area contributed by atoms with Crippen LogP contribution in [0.5, 0.6) is 11.5 Å². The van der Waals surface area contributed by atoms with Crippen molar-refractivity contribution in [1.82, 2.24) is 0 Å². The fourth-order valence-corrected chi connectivity index (χ4v) is 3.89. The molecule has 0 spiro atoms. The minimum atomic E-state index is -3.61. The number of hydrogen-bond donors (Lipinski definition) is 1. The van der Waals surface area contributed by atoms with Gasteiger partial charge in [-0.05, 0) is 0 Å². The van der Waals surface area contributed by atoms with E-state index >= 15 is 0 Å². The van der Waals surface area contributed by atoms with Gasteiger partial charge >= 0.3 is 130 Å². The molecule has 3 aromatic rings. The molecule has 0 bridgehead atoms. The zero-order valence-corrected chi connectivity index (χ0v) is 12.9. The molecule has 0 fully saturated rings. The van der Waals surface area contributed by atoms with Crippen molar-refractivity contribution in [3.63, 3.8) is 0 Å². The fourth-order valence-electron chi connectivity index (χ4n) is 2.08. The van der Waals surface area contributed by atoms with Gasteiger partial charge < -0.3 is 0 Å². The zero-order valence-electron chi connectivity index (χ0n) is 11.9. The predicted octanol–water partition coefficient (Wildman–Crippen LogP) is 3.96. The van der Waals surface area contributed by atoms with Crippen molar-refractivity contribution in [2.75, 3.05) is 0 Å². The first-order valence-corrected chi connectivity index (χ1v) is 8.79. The van der Waals surface area contributed by atoms with Gasteiger partial charge in [0.05, 0.1) is 0 Å². The third-order valence-electron chi connectivity index (χ3n) is 3.14. The molecule has 0 aliphatic heterocycles. The summed E-state index contributed by atoms with van der Waals surface area (Å²) in [5.41, 5.74) is 0. The van der Waals surface area contributed by atoms with Gasteiger partial charge in [-0.25, -0.2) is 0 Å². The molecule has 0 atom stereocenters. The van der Waals surface area contributed by atoms with E-state index in [1.807, 2.05) is 66.7 Å². The zero-order chi connectivity index (χ0) is 15.3. The number of rotatable bonds is 5. The van der Waals surface area contributed by atoms with Crippen molar-refractivity contribution >= 4 is 13.2 Å². The van der Waals surface area contributed by atoms with Crippen LogP contribution in [0.2, 0.25) is 0 Å². The van der Waals surface area contributed by atoms with Crippen molar-refractivity contribution < 1.29 is 13.9 Å². The molecule has 0 aliphatic rings. The Hall–Kier alpha value is -2.35. The molecule has 0 amide bonds. The Bertz CT molecular complexity index is 661. The van der Waals surface area contributed by atoms with Crippen molar-refractivity contribution in [2.45, 2.75) is 0 Å². The van der Waals surface area contributed by atoms with E-state index in [1.165, 1.54) is 0 Å². The summed E-state index contributed by atoms with van der Waals surface area (Å²) < 4.78 is 11.7. The van der Waals surface area contributed by atoms with E-state index in [9.17, 15) is 4.89 Å². The Labute approximate surface area is 130 Å². The molecule has 0 aromatic heterocycles. The SMILES string of the molecule is O[PH](Oc1ccccc1)(Oc1ccccc1)c1ccccc1. The molecule has 0 saturated carbocycles. The summed E-state index contributed by atoms with van der Waals surface area (Å²) in [7, 11) is -3.61. The molecule has 0 radical (unpaired) electrons. The summed E-state index contributed by atoms with van der Waals surface area (Å²) in [6.07, 6.45) is 0. The summed E-state index contributed by atoms with van der Waals surface area (Å²) in [6, 6.07) is 27.7. The van der Waals surface area contributed by atoms with Gasteiger partial charge in [0.1, 0.15) is 0 Å². The molecule has 112 valence electrons. The molecule has 4 heteroatoms. The van der Waals surface area contributed by atoms with Crippen molar-refractivity contribution in [1.29, 1.82) is 0 Å². The predicted molar refractivity (Wildman–Crippen MR) is 90.7 cm³/mol. The van der Waals surface area contributed by atoms with Crippen molar-refractivity contribution in [3.8, 4) is 11.5 Å². The van der Waals surface area contributed by atoms with Crippen LogP contribution >= 0.6 is 7.94 Å². The van der Waals surface area contributed by atoms with E-state index < -0.39 is 7.94 Å². The minimum absolute atomic E-state index is 0.580. The quantitative estimate of drug-likeness (QED) is 0.725. The van der Waals surface area contributed by atoms with Crippen molar-refractivity contribution in [2.24, 2.45) is 0 Å². The van der Waals surface area contributed by atoms with Gasteiger partial charge in [0.2, 0.25) is 0 Å². The second-order valence-electron chi connectivity index (χ2n) is 4.78. The van der Waals surface area contributed by atoms with Crippen LogP contribution in [0.25, 0.3) is 0 Å². The second kappa shape index (κ2) is 6.61. The van der Waals surface area contributed by atoms with Crippen LogP contribution in [0.1, 0.15) is 0 Å². The van der Waals surface area contributed by atoms with Crippen LogP contribution < -0.4 is 14.4 Å². The fraction of sp³-hybridized carbons (Fsp3) is 0. The molecule has 0 aliphatic carbocycles. The molecule has 3 rings (SSSR count). The Morgan fingerprint density at radius 2 is 0.909 bits per heavy atom. The monoisotopic (exact) mass is 312 g/mol. The first kappa shape index (κ1) is 14.6. The standard InChI is InChI=1S/C18H17O3P/c19-22(18-14-8-3-9-15-18,20-16-10-4-1-5-11-16)21-17-12-6-2-7-13-17/h1-15,19,22H. The Kier molecular flexibility index (Phi) is 4.38. The summed E-state index contributed by atoms with van der Waals surface area (Å²) in [5, 5.41) is 0.655. The van der Waals surface area contributed by atoms with E-state index in [-0.39, 0.29) is 0 Å². The van der Waals surface area contributed by atoms with Crippen LogP contribution in [0.15, 0.2) is 91.0 Å². The molecule has 22 heavy (non-hydrogen) atoms. The van der Waals surface area contributed by atoms with E-state index in [0.29, 0.717) is 16.8 Å². The first-order valence-electron chi connectivity index (χ1n) is 7.02. The molecule has 0 heterocycles. The van der Waals surface area contributed by atoms with Gasteiger partial charge in [0, 0.05) is 0 Å². The third-order valence-corrected chi connectivity index (χ3v) is 5.23. The van der Waals surface area contributed by atoms with Crippen LogP contribution in [-0.4, -0.2) is 4.89 Å². The van der Waals surface area contributed by atoms with Crippen LogP contribution in [0, 0.1) is 0 Å². The first-order chi connectivity index (χ1) is 10.8. The Balaban J connectivity index is 1.95. The third kappa shape index (κ3) is 3.45. The van der Waals surface area contributed by atoms with Crippen molar-refractivity contribution in [3.05, 3.63) is 91.0 Å². The van der Waals surface area contributed by atoms with Gasteiger partial charge in [-0.15, -0.1) is 0 Å². The summed E-state index contributed by atoms with van der Waals surface area (Å²) >= 11 is 0. The molecular weight excluding hydrogens is 295 g/mol. The normalized spacial score (nSPS) is 11.7. The van der Waals surface area contributed by atoms with Gasteiger partial charge in [-0.1, -0.05) is 0 Å². The molecule has 3 nitrogen and oxygen atoms in total. The van der Waals surface area contributed by atoms with E-state index in [1.54, 1.807) is 24.3 Å². The molecule has 0 unspecified atom stereocenters. The number of para-hydroxylation sites is 2. The average Bonchev–Trinajstić information content (AvgIpc) is 2.57. The summed E-state index contributed by atoms with van der Waals surface area (Å²) in [5.74, 6) is 1.16. The van der Waals surface area contributed by atoms with Gasteiger partial charge in [0.15, 0.2) is 0 Å². The van der Waals surface area contributed by atoms with E-state index in [2.05, 4.69) is 0 Å². The van der Waals surface area contributed by atoms with Crippen LogP contribution in [0.4, 0.5) is 0 Å². The Morgan fingerprint density at radius 1 is 0.545 bits per heavy atom. The number of benzene rings is 3. The summed E-state index contributed by atoms with van der Waals surface area (Å²) in [6.45, 7) is 0. The van der Waals surface area contributed by atoms with Crippen LogP contribution in [0.3, 0.4) is 0 Å². The van der Waals surface area contributed by atoms with Gasteiger partial charge in [-0.2, -0.15) is 0 Å². The molecule has 3 aromatic carbocycles. The van der Waals surface area contributed by atoms with E-state index in [4.69, 9.17) is 9.05 Å². The second-order valence-corrected chi connectivity index (χ2v) is 6.93. The molecular formula is C18H17O3P. The molecule has 1 N–H and O–H groups in total. The maximum absolute atomic E-state index is 11.1.